The number of phenolic OH excluding ortho intramolecular Hbond substituents is 1. The number of phenols is 1. The van der Waals surface area contributed by atoms with Crippen LogP contribution in [0.3, 0.4) is 0 Å². The Kier molecular flexibility index (Phi) is 5.22. The zero-order chi connectivity index (χ0) is 15.2. The highest BCUT2D eigenvalue weighted by atomic mass is 35.5. The molecule has 0 aliphatic rings. The number of carbonyl (C=O) groups is 1. The van der Waals surface area contributed by atoms with Crippen molar-refractivity contribution in [3.63, 3.8) is 0 Å². The van der Waals surface area contributed by atoms with Gasteiger partial charge in [0.2, 0.25) is 5.91 Å². The lowest BCUT2D eigenvalue weighted by Gasteiger charge is -2.12. The summed E-state index contributed by atoms with van der Waals surface area (Å²) in [7, 11) is 0. The largest absolute Gasteiger partial charge is 0.508 e. The second kappa shape index (κ2) is 7.13. The molecule has 5 nitrogen and oxygen atoms in total. The fourth-order valence-corrected chi connectivity index (χ4v) is 2.12. The van der Waals surface area contributed by atoms with Crippen LogP contribution in [0.25, 0.3) is 0 Å². The van der Waals surface area contributed by atoms with Gasteiger partial charge in [-0.1, -0.05) is 30.7 Å². The lowest BCUT2D eigenvalue weighted by atomic mass is 10.1. The second-order valence-corrected chi connectivity index (χ2v) is 5.43. The van der Waals surface area contributed by atoms with E-state index in [1.165, 1.54) is 0 Å². The third kappa shape index (κ3) is 4.79. The zero-order valence-electron chi connectivity index (χ0n) is 11.8. The van der Waals surface area contributed by atoms with Gasteiger partial charge in [-0.05, 0) is 24.1 Å². The Hall–Kier alpha value is -2.01. The predicted octanol–water partition coefficient (Wildman–Crippen LogP) is 2.24. The standard InChI is InChI=1S/C15H18ClN3O2/c1-11(9-19-10-13(16)8-18-19)15(21)17-7-6-12-2-4-14(20)5-3-12/h2-5,8,10-11,20H,6-7,9H2,1H3,(H,17,21). The molecule has 2 aromatic rings. The number of aromatic nitrogens is 2. The summed E-state index contributed by atoms with van der Waals surface area (Å²) in [6, 6.07) is 6.97. The first-order valence-corrected chi connectivity index (χ1v) is 7.16. The summed E-state index contributed by atoms with van der Waals surface area (Å²) in [4.78, 5) is 12.0. The molecule has 2 rings (SSSR count). The molecule has 112 valence electrons. The van der Waals surface area contributed by atoms with Gasteiger partial charge in [-0.2, -0.15) is 5.10 Å². The van der Waals surface area contributed by atoms with Crippen molar-refractivity contribution in [2.45, 2.75) is 19.9 Å². The number of carbonyl (C=O) groups excluding carboxylic acids is 1. The number of aromatic hydroxyl groups is 1. The van der Waals surface area contributed by atoms with Crippen LogP contribution >= 0.6 is 11.6 Å². The molecular formula is C15H18ClN3O2. The van der Waals surface area contributed by atoms with E-state index in [0.29, 0.717) is 18.1 Å². The number of nitrogens with one attached hydrogen (secondary N) is 1. The van der Waals surface area contributed by atoms with E-state index in [2.05, 4.69) is 10.4 Å². The molecule has 1 aromatic heterocycles. The third-order valence-corrected chi connectivity index (χ3v) is 3.35. The normalized spacial score (nSPS) is 12.1. The van der Waals surface area contributed by atoms with Gasteiger partial charge in [-0.3, -0.25) is 9.48 Å². The Morgan fingerprint density at radius 1 is 1.43 bits per heavy atom. The molecule has 1 aromatic carbocycles. The summed E-state index contributed by atoms with van der Waals surface area (Å²) in [5.74, 6) is 0.0514. The number of rotatable bonds is 6. The van der Waals surface area contributed by atoms with Gasteiger partial charge in [0.05, 0.1) is 23.7 Å². The first kappa shape index (κ1) is 15.4. The van der Waals surface area contributed by atoms with Crippen LogP contribution < -0.4 is 5.32 Å². The Morgan fingerprint density at radius 2 is 2.14 bits per heavy atom. The topological polar surface area (TPSA) is 67.2 Å². The summed E-state index contributed by atoms with van der Waals surface area (Å²) in [6.45, 7) is 2.91. The lowest BCUT2D eigenvalue weighted by Crippen LogP contribution is -2.33. The molecule has 0 saturated heterocycles. The van der Waals surface area contributed by atoms with Gasteiger partial charge in [-0.15, -0.1) is 0 Å². The summed E-state index contributed by atoms with van der Waals surface area (Å²) >= 11 is 5.78. The van der Waals surface area contributed by atoms with E-state index in [0.717, 1.165) is 12.0 Å². The molecule has 1 unspecified atom stereocenters. The predicted molar refractivity (Wildman–Crippen MR) is 81.2 cm³/mol. The highest BCUT2D eigenvalue weighted by Crippen LogP contribution is 2.10. The molecule has 0 fully saturated rings. The van der Waals surface area contributed by atoms with Gasteiger partial charge < -0.3 is 10.4 Å². The highest BCUT2D eigenvalue weighted by molar-refractivity contribution is 6.30. The average molecular weight is 308 g/mol. The summed E-state index contributed by atoms with van der Waals surface area (Å²) in [5, 5.41) is 16.7. The Balaban J connectivity index is 1.74. The molecule has 0 radical (unpaired) electrons. The molecule has 0 aliphatic heterocycles. The minimum atomic E-state index is -0.180. The number of halogens is 1. The van der Waals surface area contributed by atoms with E-state index in [4.69, 9.17) is 11.6 Å². The van der Waals surface area contributed by atoms with Crippen molar-refractivity contribution < 1.29 is 9.90 Å². The molecule has 21 heavy (non-hydrogen) atoms. The molecule has 0 saturated carbocycles. The van der Waals surface area contributed by atoms with Gasteiger partial charge in [-0.25, -0.2) is 0 Å². The van der Waals surface area contributed by atoms with Crippen molar-refractivity contribution in [1.82, 2.24) is 15.1 Å². The van der Waals surface area contributed by atoms with Crippen LogP contribution in [0.1, 0.15) is 12.5 Å². The molecule has 0 aliphatic carbocycles. The van der Waals surface area contributed by atoms with Crippen LogP contribution in [0.15, 0.2) is 36.7 Å². The van der Waals surface area contributed by atoms with Crippen molar-refractivity contribution in [1.29, 1.82) is 0 Å². The molecule has 1 amide bonds. The minimum absolute atomic E-state index is 0.0135. The van der Waals surface area contributed by atoms with Crippen LogP contribution in [0.2, 0.25) is 5.02 Å². The number of benzene rings is 1. The number of amides is 1. The molecule has 6 heteroatoms. The highest BCUT2D eigenvalue weighted by Gasteiger charge is 2.13. The third-order valence-electron chi connectivity index (χ3n) is 3.16. The maximum atomic E-state index is 12.0. The quantitative estimate of drug-likeness (QED) is 0.860. The summed E-state index contributed by atoms with van der Waals surface area (Å²) in [5.41, 5.74) is 1.07. The summed E-state index contributed by atoms with van der Waals surface area (Å²) in [6.07, 6.45) is 3.98. The van der Waals surface area contributed by atoms with Gasteiger partial charge in [0.25, 0.3) is 0 Å². The minimum Gasteiger partial charge on any atom is -0.508 e. The smallest absolute Gasteiger partial charge is 0.224 e. The zero-order valence-corrected chi connectivity index (χ0v) is 12.5. The van der Waals surface area contributed by atoms with Crippen LogP contribution in [0.4, 0.5) is 0 Å². The van der Waals surface area contributed by atoms with E-state index < -0.39 is 0 Å². The van der Waals surface area contributed by atoms with Crippen molar-refractivity contribution in [2.75, 3.05) is 6.54 Å². The number of hydrogen-bond acceptors (Lipinski definition) is 3. The average Bonchev–Trinajstić information content (AvgIpc) is 2.86. The molecule has 1 atom stereocenters. The van der Waals surface area contributed by atoms with Gasteiger partial charge in [0.1, 0.15) is 5.75 Å². The van der Waals surface area contributed by atoms with Crippen molar-refractivity contribution in [2.24, 2.45) is 5.92 Å². The van der Waals surface area contributed by atoms with Gasteiger partial charge in [0, 0.05) is 12.7 Å². The molecule has 1 heterocycles. The SMILES string of the molecule is CC(Cn1cc(Cl)cn1)C(=O)NCCc1ccc(O)cc1. The monoisotopic (exact) mass is 307 g/mol. The van der Waals surface area contributed by atoms with E-state index in [9.17, 15) is 9.90 Å². The van der Waals surface area contributed by atoms with Gasteiger partial charge >= 0.3 is 0 Å². The Labute approximate surface area is 128 Å². The van der Waals surface area contributed by atoms with Crippen molar-refractivity contribution in [3.05, 3.63) is 47.2 Å². The lowest BCUT2D eigenvalue weighted by molar-refractivity contribution is -0.124. The molecule has 2 N–H and O–H groups in total. The van der Waals surface area contributed by atoms with E-state index in [-0.39, 0.29) is 17.6 Å². The fraction of sp³-hybridized carbons (Fsp3) is 0.333. The maximum Gasteiger partial charge on any atom is 0.224 e. The maximum absolute atomic E-state index is 12.0. The van der Waals surface area contributed by atoms with Gasteiger partial charge in [0.15, 0.2) is 0 Å². The number of nitrogens with zero attached hydrogens (tertiary/aromatic N) is 2. The van der Waals surface area contributed by atoms with E-state index in [1.807, 2.05) is 19.1 Å². The first-order valence-electron chi connectivity index (χ1n) is 6.78. The first-order chi connectivity index (χ1) is 10.0. The van der Waals surface area contributed by atoms with Crippen molar-refractivity contribution >= 4 is 17.5 Å². The number of hydrogen-bond donors (Lipinski definition) is 2. The van der Waals surface area contributed by atoms with Crippen LogP contribution in [-0.2, 0) is 17.8 Å². The van der Waals surface area contributed by atoms with E-state index in [1.54, 1.807) is 29.2 Å². The Morgan fingerprint density at radius 3 is 2.76 bits per heavy atom. The fourth-order valence-electron chi connectivity index (χ4n) is 1.97. The van der Waals surface area contributed by atoms with Crippen LogP contribution in [-0.4, -0.2) is 27.3 Å². The second-order valence-electron chi connectivity index (χ2n) is 4.99. The molecule has 0 bridgehead atoms. The molecule has 0 spiro atoms. The van der Waals surface area contributed by atoms with Crippen molar-refractivity contribution in [3.8, 4) is 5.75 Å². The summed E-state index contributed by atoms with van der Waals surface area (Å²) < 4.78 is 1.66. The molecular weight excluding hydrogens is 290 g/mol. The Bertz CT molecular complexity index is 595. The van der Waals surface area contributed by atoms with Crippen LogP contribution in [0, 0.1) is 5.92 Å². The van der Waals surface area contributed by atoms with Crippen LogP contribution in [0.5, 0.6) is 5.75 Å². The van der Waals surface area contributed by atoms with E-state index >= 15 is 0 Å².